The van der Waals surface area contributed by atoms with E-state index in [1.165, 1.54) is 20.8 Å². The number of aromatic nitrogens is 1. The average molecular weight is 951 g/mol. The third-order valence-corrected chi connectivity index (χ3v) is 13.8. The van der Waals surface area contributed by atoms with Crippen molar-refractivity contribution < 1.29 is 53.1 Å². The summed E-state index contributed by atoms with van der Waals surface area (Å²) < 4.78 is 30.7. The summed E-state index contributed by atoms with van der Waals surface area (Å²) in [5.41, 5.74) is -1.18. The van der Waals surface area contributed by atoms with Crippen LogP contribution < -0.4 is 5.32 Å². The highest BCUT2D eigenvalue weighted by atomic mass is 127. The van der Waals surface area contributed by atoms with Gasteiger partial charge in [0.1, 0.15) is 37.7 Å². The highest BCUT2D eigenvalue weighted by molar-refractivity contribution is 14.1. The number of aliphatic hydroxyl groups is 2. The van der Waals surface area contributed by atoms with E-state index in [2.05, 4.69) is 20.4 Å². The topological polar surface area (TPSA) is 197 Å². The van der Waals surface area contributed by atoms with E-state index in [1.54, 1.807) is 67.9 Å². The van der Waals surface area contributed by atoms with Crippen molar-refractivity contribution >= 4 is 70.9 Å². The fraction of sp³-hybridized carbons (Fsp3) is 0.659. The first kappa shape index (κ1) is 47.4. The standard InChI is InChI=1S/C41H56BIN4O11S/c1-21-16-39(6)34(57-36-32(49)29(44-9)15-22(2)56-36)24(4)33(50)40(7,42)38(51)58-37(43)41(8,52)35(23(3)31(21)46-25(5)48)53-19-27(20-54-39)47-55-18-26-12-13-28(45-17-26)30-11-10-14-59-30/h10-14,17,21-24,29,32,34-37,44,49,52H,15-16,18-20H2,1-9H3/b46-31?,47-27+/t21-,22-,23+,24+,29+,32-,34-,35-,36+,37+,39-,40+,41+/m1/s1. The smallest absolute Gasteiger partial charge is 0.311 e. The van der Waals surface area contributed by atoms with Crippen LogP contribution in [0.4, 0.5) is 0 Å². The lowest BCUT2D eigenvalue weighted by Crippen LogP contribution is -2.60. The fourth-order valence-electron chi connectivity index (χ4n) is 8.16. The van der Waals surface area contributed by atoms with E-state index in [1.807, 2.05) is 43.5 Å². The number of carbonyl (C=O) groups excluding carboxylic acids is 3. The largest absolute Gasteiger partial charge is 0.448 e. The van der Waals surface area contributed by atoms with Crippen LogP contribution in [0, 0.1) is 17.8 Å². The number of halogens is 1. The molecule has 15 nitrogen and oxygen atoms in total. The second-order valence-corrected chi connectivity index (χ2v) is 18.6. The van der Waals surface area contributed by atoms with Crippen LogP contribution in [0.2, 0.25) is 5.31 Å². The Balaban J connectivity index is 1.63. The maximum Gasteiger partial charge on any atom is 0.311 e. The maximum absolute atomic E-state index is 14.6. The van der Waals surface area contributed by atoms with Gasteiger partial charge in [-0.15, -0.1) is 11.3 Å². The van der Waals surface area contributed by atoms with Crippen molar-refractivity contribution in [3.63, 3.8) is 0 Å². The Kier molecular flexibility index (Phi) is 15.7. The minimum atomic E-state index is -2.22. The second kappa shape index (κ2) is 19.6. The molecular weight excluding hydrogens is 894 g/mol. The van der Waals surface area contributed by atoms with Crippen LogP contribution in [-0.4, -0.2) is 124 Å². The minimum Gasteiger partial charge on any atom is -0.448 e. The quantitative estimate of drug-likeness (QED) is 0.0872. The van der Waals surface area contributed by atoms with Gasteiger partial charge in [0, 0.05) is 42.3 Å². The second-order valence-electron chi connectivity index (χ2n) is 16.5. The first-order valence-corrected chi connectivity index (χ1v) is 21.9. The van der Waals surface area contributed by atoms with E-state index in [9.17, 15) is 24.6 Å². The van der Waals surface area contributed by atoms with Crippen molar-refractivity contribution in [1.82, 2.24) is 10.3 Å². The molecule has 0 aliphatic carbocycles. The molecule has 13 atom stereocenters. The zero-order chi connectivity index (χ0) is 43.4. The fourth-order valence-corrected chi connectivity index (χ4v) is 9.44. The summed E-state index contributed by atoms with van der Waals surface area (Å²) in [7, 11) is 8.28. The Morgan fingerprint density at radius 3 is 2.49 bits per heavy atom. The Morgan fingerprint density at radius 2 is 1.86 bits per heavy atom. The van der Waals surface area contributed by atoms with Crippen LogP contribution in [0.3, 0.4) is 0 Å². The van der Waals surface area contributed by atoms with Gasteiger partial charge in [-0.3, -0.25) is 19.4 Å². The van der Waals surface area contributed by atoms with Crippen LogP contribution in [0.15, 0.2) is 46.0 Å². The number of aliphatic hydroxyl groups excluding tert-OH is 1. The molecule has 5 rings (SSSR count). The molecule has 2 aromatic rings. The van der Waals surface area contributed by atoms with Crippen molar-refractivity contribution in [1.29, 1.82) is 0 Å². The summed E-state index contributed by atoms with van der Waals surface area (Å²) >= 11 is 3.36. The van der Waals surface area contributed by atoms with Gasteiger partial charge in [-0.1, -0.05) is 45.0 Å². The number of amides is 1. The summed E-state index contributed by atoms with van der Waals surface area (Å²) in [5.74, 6) is -4.83. The number of nitrogens with zero attached hydrogens (tertiary/aromatic N) is 3. The normalized spacial score (nSPS) is 39.2. The van der Waals surface area contributed by atoms with Crippen molar-refractivity contribution in [2.45, 2.75) is 132 Å². The Morgan fingerprint density at radius 1 is 1.14 bits per heavy atom. The van der Waals surface area contributed by atoms with Gasteiger partial charge < -0.3 is 44.1 Å². The van der Waals surface area contributed by atoms with Gasteiger partial charge >= 0.3 is 5.97 Å². The molecule has 3 aliphatic rings. The number of thiophene rings is 1. The van der Waals surface area contributed by atoms with E-state index in [0.29, 0.717) is 12.1 Å². The van der Waals surface area contributed by atoms with E-state index in [-0.39, 0.29) is 38.1 Å². The third kappa shape index (κ3) is 10.9. The number of rotatable bonds is 7. The van der Waals surface area contributed by atoms with Gasteiger partial charge in [-0.2, -0.15) is 0 Å². The zero-order valence-electron chi connectivity index (χ0n) is 35.0. The number of likely N-dealkylation sites (N-methyl/N-ethyl adjacent to an activating group) is 1. The molecule has 2 bridgehead atoms. The summed E-state index contributed by atoms with van der Waals surface area (Å²) in [6.45, 7) is 12.4. The lowest BCUT2D eigenvalue weighted by atomic mass is 9.62. The predicted octanol–water partition coefficient (Wildman–Crippen LogP) is 4.60. The Bertz CT molecular complexity index is 1850. The number of pyridine rings is 1. The number of ketones is 1. The number of esters is 1. The number of aliphatic imine (C=N–C) groups is 1. The van der Waals surface area contributed by atoms with Crippen molar-refractivity contribution in [2.24, 2.45) is 27.9 Å². The van der Waals surface area contributed by atoms with E-state index in [0.717, 1.165) is 16.1 Å². The number of carbonyl (C=O) groups is 3. The number of alkyl halides is 1. The molecule has 3 saturated heterocycles. The molecule has 0 saturated carbocycles. The molecule has 1 amide bonds. The molecule has 2 radical (unpaired) electrons. The molecule has 5 heterocycles. The van der Waals surface area contributed by atoms with Crippen molar-refractivity contribution in [2.75, 3.05) is 20.3 Å². The SMILES string of the molecule is [B][C@]1(C)C(=O)O[C@H](I)[C@@](C)(O)[C@@H]2OC/C(=N\OCc3ccc(-c4cccs4)nc3)CO[C@](C)(C[C@@H](C)C(=NC(C)=O)[C@@H]2C)[C@H](O[C@@H]2O[C@H](C)C[C@H](NC)[C@H]2O)[C@@H](C)C1=O. The third-order valence-electron chi connectivity index (χ3n) is 11.4. The Labute approximate surface area is 364 Å². The average Bonchev–Trinajstić information content (AvgIpc) is 3.72. The van der Waals surface area contributed by atoms with Gasteiger partial charge in [0.25, 0.3) is 0 Å². The van der Waals surface area contributed by atoms with Crippen molar-refractivity contribution in [3.05, 3.63) is 41.4 Å². The van der Waals surface area contributed by atoms with Crippen LogP contribution in [0.25, 0.3) is 10.6 Å². The van der Waals surface area contributed by atoms with Gasteiger partial charge in [-0.25, -0.2) is 4.99 Å². The molecule has 0 aromatic carbocycles. The van der Waals surface area contributed by atoms with Crippen LogP contribution >= 0.6 is 33.9 Å². The first-order valence-electron chi connectivity index (χ1n) is 19.8. The number of oxime groups is 1. The van der Waals surface area contributed by atoms with E-state index < -0.39 is 86.7 Å². The lowest BCUT2D eigenvalue weighted by molar-refractivity contribution is -0.291. The van der Waals surface area contributed by atoms with Crippen molar-refractivity contribution in [3.8, 4) is 10.6 Å². The molecule has 0 spiro atoms. The number of hydrogen-bond acceptors (Lipinski definition) is 15. The molecule has 3 N–H and O–H groups in total. The lowest BCUT2D eigenvalue weighted by Gasteiger charge is -2.47. The van der Waals surface area contributed by atoms with Gasteiger partial charge in [0.2, 0.25) is 5.91 Å². The number of ether oxygens (including phenoxy) is 5. The van der Waals surface area contributed by atoms with Gasteiger partial charge in [0.05, 0.1) is 53.0 Å². The number of Topliss-reactive ketones (excluding diaryl/α,β-unsaturated/α-hetero) is 1. The number of nitrogens with one attached hydrogen (secondary N) is 1. The zero-order valence-corrected chi connectivity index (χ0v) is 38.0. The summed E-state index contributed by atoms with van der Waals surface area (Å²) in [6, 6.07) is 7.35. The highest BCUT2D eigenvalue weighted by Crippen LogP contribution is 2.42. The predicted molar refractivity (Wildman–Crippen MR) is 230 cm³/mol. The maximum atomic E-state index is 14.6. The number of hydrogen-bond donors (Lipinski definition) is 3. The summed E-state index contributed by atoms with van der Waals surface area (Å²) in [5, 5.41) is 31.1. The molecule has 59 heavy (non-hydrogen) atoms. The molecule has 0 unspecified atom stereocenters. The van der Waals surface area contributed by atoms with E-state index >= 15 is 0 Å². The summed E-state index contributed by atoms with van der Waals surface area (Å²) in [4.78, 5) is 57.1. The monoisotopic (exact) mass is 950 g/mol. The molecule has 3 aliphatic heterocycles. The first-order chi connectivity index (χ1) is 27.7. The minimum absolute atomic E-state index is 0.0579. The van der Waals surface area contributed by atoms with Gasteiger partial charge in [0.15, 0.2) is 10.4 Å². The summed E-state index contributed by atoms with van der Waals surface area (Å²) in [6.07, 6.45) is -2.84. The number of fused-ring (bicyclic) bond motifs is 5. The molecule has 18 heteroatoms. The van der Waals surface area contributed by atoms with Gasteiger partial charge in [-0.05, 0) is 86.7 Å². The van der Waals surface area contributed by atoms with Crippen LogP contribution in [-0.2, 0) is 49.5 Å². The molecule has 322 valence electrons. The van der Waals surface area contributed by atoms with Crippen LogP contribution in [0.5, 0.6) is 0 Å². The van der Waals surface area contributed by atoms with Crippen LogP contribution in [0.1, 0.15) is 73.8 Å². The molecule has 2 aromatic heterocycles. The highest BCUT2D eigenvalue weighted by Gasteiger charge is 2.54. The molecular formula is C41H56BIN4O11S. The Hall–Kier alpha value is -2.69. The van der Waals surface area contributed by atoms with E-state index in [4.69, 9.17) is 36.4 Å². The number of cyclic esters (lactones) is 1. The molecule has 3 fully saturated rings.